The van der Waals surface area contributed by atoms with Gasteiger partial charge in [-0.05, 0) is 24.1 Å². The zero-order valence-corrected chi connectivity index (χ0v) is 14.9. The molecule has 0 spiro atoms. The molecule has 146 valence electrons. The Kier molecular flexibility index (Phi) is 5.25. The highest BCUT2D eigenvalue weighted by molar-refractivity contribution is 6.08. The predicted octanol–water partition coefficient (Wildman–Crippen LogP) is 2.23. The van der Waals surface area contributed by atoms with Gasteiger partial charge in [-0.1, -0.05) is 37.3 Å². The fourth-order valence-electron chi connectivity index (χ4n) is 2.91. The Hall–Kier alpha value is -3.49. The Balaban J connectivity index is 1.68. The van der Waals surface area contributed by atoms with E-state index in [1.807, 2.05) is 0 Å². The highest BCUT2D eigenvalue weighted by Gasteiger charge is 2.52. The first-order chi connectivity index (χ1) is 13.4. The van der Waals surface area contributed by atoms with Crippen LogP contribution in [0.25, 0.3) is 0 Å². The van der Waals surface area contributed by atoms with Crippen molar-refractivity contribution in [2.75, 3.05) is 6.61 Å². The van der Waals surface area contributed by atoms with Crippen LogP contribution in [-0.4, -0.2) is 29.5 Å². The molecule has 1 atom stereocenters. The zero-order chi connectivity index (χ0) is 20.3. The molecule has 0 unspecified atom stereocenters. The van der Waals surface area contributed by atoms with Crippen molar-refractivity contribution in [3.63, 3.8) is 0 Å². The molecule has 2 aromatic rings. The number of nitrogens with one attached hydrogen (secondary N) is 2. The van der Waals surface area contributed by atoms with E-state index in [2.05, 4.69) is 10.7 Å². The summed E-state index contributed by atoms with van der Waals surface area (Å²) in [6, 6.07) is 10.7. The Morgan fingerprint density at radius 1 is 1.14 bits per heavy atom. The third-order valence-corrected chi connectivity index (χ3v) is 4.39. The predicted molar refractivity (Wildman–Crippen MR) is 93.8 cm³/mol. The van der Waals surface area contributed by atoms with Crippen LogP contribution in [0.3, 0.4) is 0 Å². The lowest BCUT2D eigenvalue weighted by Gasteiger charge is -2.25. The van der Waals surface area contributed by atoms with E-state index in [0.717, 1.165) is 18.2 Å². The first-order valence-corrected chi connectivity index (χ1v) is 8.47. The van der Waals surface area contributed by atoms with Gasteiger partial charge in [0.05, 0.1) is 0 Å². The molecule has 1 heterocycles. The fraction of sp³-hybridized carbons (Fsp3) is 0.211. The Labute approximate surface area is 159 Å². The van der Waals surface area contributed by atoms with Crippen LogP contribution >= 0.6 is 0 Å². The number of imide groups is 1. The third kappa shape index (κ3) is 3.51. The van der Waals surface area contributed by atoms with Gasteiger partial charge >= 0.3 is 6.03 Å². The van der Waals surface area contributed by atoms with Gasteiger partial charge in [0.2, 0.25) is 0 Å². The molecular weight excluding hydrogens is 372 g/mol. The van der Waals surface area contributed by atoms with Gasteiger partial charge in [-0.25, -0.2) is 13.6 Å². The highest BCUT2D eigenvalue weighted by Crippen LogP contribution is 2.31. The average molecular weight is 389 g/mol. The van der Waals surface area contributed by atoms with Gasteiger partial charge < -0.3 is 10.1 Å². The zero-order valence-electron chi connectivity index (χ0n) is 14.9. The largest absolute Gasteiger partial charge is 0.484 e. The summed E-state index contributed by atoms with van der Waals surface area (Å²) in [6.45, 7) is 1.13. The summed E-state index contributed by atoms with van der Waals surface area (Å²) in [7, 11) is 0. The third-order valence-electron chi connectivity index (χ3n) is 4.39. The van der Waals surface area contributed by atoms with E-state index < -0.39 is 41.6 Å². The van der Waals surface area contributed by atoms with Crippen molar-refractivity contribution in [3.05, 3.63) is 65.7 Å². The highest BCUT2D eigenvalue weighted by atomic mass is 19.2. The van der Waals surface area contributed by atoms with Crippen LogP contribution in [0, 0.1) is 11.6 Å². The molecule has 0 aromatic heterocycles. The summed E-state index contributed by atoms with van der Waals surface area (Å²) >= 11 is 0. The van der Waals surface area contributed by atoms with Gasteiger partial charge in [0.25, 0.3) is 11.8 Å². The molecule has 2 aromatic carbocycles. The first kappa shape index (κ1) is 19.3. The minimum atomic E-state index is -1.29. The number of hydrogen-bond donors (Lipinski definition) is 2. The normalized spacial score (nSPS) is 18.8. The lowest BCUT2D eigenvalue weighted by atomic mass is 9.87. The maximum atomic E-state index is 13.2. The minimum absolute atomic E-state index is 0.0709. The van der Waals surface area contributed by atoms with Crippen LogP contribution < -0.4 is 15.5 Å². The molecule has 1 aliphatic rings. The smallest absolute Gasteiger partial charge is 0.344 e. The Morgan fingerprint density at radius 2 is 1.86 bits per heavy atom. The average Bonchev–Trinajstić information content (AvgIpc) is 2.94. The molecule has 0 saturated carbocycles. The summed E-state index contributed by atoms with van der Waals surface area (Å²) in [5, 5.41) is 3.21. The van der Waals surface area contributed by atoms with E-state index in [0.29, 0.717) is 10.6 Å². The Morgan fingerprint density at radius 3 is 2.50 bits per heavy atom. The van der Waals surface area contributed by atoms with E-state index in [1.165, 1.54) is 0 Å². The molecule has 1 fully saturated rings. The SMILES string of the molecule is CC[C@@]1(c2ccccc2)NC(=O)N(NC(=O)COc2ccc(F)c(F)c2)C1=O. The number of rotatable bonds is 6. The van der Waals surface area contributed by atoms with Crippen molar-refractivity contribution >= 4 is 17.8 Å². The second-order valence-electron chi connectivity index (χ2n) is 6.10. The van der Waals surface area contributed by atoms with Crippen LogP contribution in [0.5, 0.6) is 5.75 Å². The molecule has 2 N–H and O–H groups in total. The van der Waals surface area contributed by atoms with Gasteiger partial charge in [-0.3, -0.25) is 15.0 Å². The van der Waals surface area contributed by atoms with E-state index in [9.17, 15) is 23.2 Å². The van der Waals surface area contributed by atoms with Crippen molar-refractivity contribution in [3.8, 4) is 5.75 Å². The molecule has 7 nitrogen and oxygen atoms in total. The summed E-state index contributed by atoms with van der Waals surface area (Å²) in [6.07, 6.45) is 0.277. The van der Waals surface area contributed by atoms with Crippen LogP contribution in [0.2, 0.25) is 0 Å². The molecule has 0 aliphatic carbocycles. The summed E-state index contributed by atoms with van der Waals surface area (Å²) in [4.78, 5) is 37.2. The molecule has 9 heteroatoms. The van der Waals surface area contributed by atoms with Gasteiger partial charge in [-0.2, -0.15) is 5.01 Å². The summed E-state index contributed by atoms with van der Waals surface area (Å²) in [5.41, 5.74) is 1.48. The van der Waals surface area contributed by atoms with Crippen LogP contribution in [0.4, 0.5) is 13.6 Å². The summed E-state index contributed by atoms with van der Waals surface area (Å²) < 4.78 is 31.1. The second kappa shape index (κ2) is 7.63. The quantitative estimate of drug-likeness (QED) is 0.742. The van der Waals surface area contributed by atoms with Crippen molar-refractivity contribution in [2.45, 2.75) is 18.9 Å². The molecule has 0 radical (unpaired) electrons. The molecule has 3 rings (SSSR count). The maximum absolute atomic E-state index is 13.2. The number of ether oxygens (including phenoxy) is 1. The minimum Gasteiger partial charge on any atom is -0.484 e. The van der Waals surface area contributed by atoms with Gasteiger partial charge in [0.15, 0.2) is 18.2 Å². The van der Waals surface area contributed by atoms with Crippen molar-refractivity contribution in [1.82, 2.24) is 15.8 Å². The van der Waals surface area contributed by atoms with E-state index >= 15 is 0 Å². The van der Waals surface area contributed by atoms with E-state index in [-0.39, 0.29) is 12.2 Å². The van der Waals surface area contributed by atoms with Crippen LogP contribution in [0.15, 0.2) is 48.5 Å². The number of nitrogens with zero attached hydrogens (tertiary/aromatic N) is 1. The van der Waals surface area contributed by atoms with Gasteiger partial charge in [-0.15, -0.1) is 0 Å². The standard InChI is InChI=1S/C19H17F2N3O4/c1-2-19(12-6-4-3-5-7-12)17(26)24(18(27)22-19)23-16(25)11-28-13-8-9-14(20)15(21)10-13/h3-10H,2,11H2,1H3,(H,22,27)(H,23,25)/t19-/m0/s1. The lowest BCUT2D eigenvalue weighted by molar-refractivity contribution is -0.140. The number of amides is 4. The topological polar surface area (TPSA) is 87.7 Å². The maximum Gasteiger partial charge on any atom is 0.344 e. The van der Waals surface area contributed by atoms with E-state index in [4.69, 9.17) is 4.74 Å². The van der Waals surface area contributed by atoms with Gasteiger partial charge in [0, 0.05) is 6.07 Å². The number of hydrogen-bond acceptors (Lipinski definition) is 4. The number of halogens is 2. The van der Waals surface area contributed by atoms with E-state index in [1.54, 1.807) is 37.3 Å². The second-order valence-corrected chi connectivity index (χ2v) is 6.10. The molecule has 1 aliphatic heterocycles. The number of benzene rings is 2. The number of carbonyl (C=O) groups excluding carboxylic acids is 3. The van der Waals surface area contributed by atoms with Crippen molar-refractivity contribution in [2.24, 2.45) is 0 Å². The summed E-state index contributed by atoms with van der Waals surface area (Å²) in [5.74, 6) is -3.69. The number of hydrazine groups is 1. The number of urea groups is 1. The molecule has 0 bridgehead atoms. The first-order valence-electron chi connectivity index (χ1n) is 8.47. The number of carbonyl (C=O) groups is 3. The van der Waals surface area contributed by atoms with Gasteiger partial charge in [0.1, 0.15) is 11.3 Å². The van der Waals surface area contributed by atoms with Crippen molar-refractivity contribution in [1.29, 1.82) is 0 Å². The van der Waals surface area contributed by atoms with Crippen molar-refractivity contribution < 1.29 is 27.9 Å². The monoisotopic (exact) mass is 389 g/mol. The van der Waals surface area contributed by atoms with Crippen LogP contribution in [-0.2, 0) is 15.1 Å². The molecular formula is C19H17F2N3O4. The lowest BCUT2D eigenvalue weighted by Crippen LogP contribution is -2.49. The Bertz CT molecular complexity index is 923. The van der Waals surface area contributed by atoms with Crippen LogP contribution in [0.1, 0.15) is 18.9 Å². The molecule has 4 amide bonds. The fourth-order valence-corrected chi connectivity index (χ4v) is 2.91. The molecule has 28 heavy (non-hydrogen) atoms. The molecule has 1 saturated heterocycles.